The van der Waals surface area contributed by atoms with Crippen molar-refractivity contribution in [2.75, 3.05) is 13.1 Å². The van der Waals surface area contributed by atoms with Gasteiger partial charge in [-0.15, -0.1) is 0 Å². The number of nitrogens with one attached hydrogen (secondary N) is 1. The van der Waals surface area contributed by atoms with Gasteiger partial charge in [0, 0.05) is 22.6 Å². The molecule has 7 nitrogen and oxygen atoms in total. The summed E-state index contributed by atoms with van der Waals surface area (Å²) in [5.74, 6) is -4.85. The second-order valence-corrected chi connectivity index (χ2v) is 10.1. The molecule has 172 valence electrons. The highest BCUT2D eigenvalue weighted by molar-refractivity contribution is 7.87. The lowest BCUT2D eigenvalue weighted by atomic mass is 10.1. The predicted molar refractivity (Wildman–Crippen MR) is 110 cm³/mol. The van der Waals surface area contributed by atoms with Crippen molar-refractivity contribution in [3.05, 3.63) is 57.1 Å². The second-order valence-electron chi connectivity index (χ2n) is 7.58. The van der Waals surface area contributed by atoms with Gasteiger partial charge in [0.25, 0.3) is 11.8 Å². The van der Waals surface area contributed by atoms with E-state index in [1.165, 1.54) is 6.20 Å². The van der Waals surface area contributed by atoms with E-state index in [1.54, 1.807) is 10.8 Å². The number of benzene rings is 1. The molecule has 1 saturated carbocycles. The van der Waals surface area contributed by atoms with Crippen LogP contribution in [0.3, 0.4) is 0 Å². The van der Waals surface area contributed by atoms with Crippen LogP contribution in [-0.4, -0.2) is 42.6 Å². The molecule has 1 aliphatic heterocycles. The normalized spacial score (nSPS) is 18.2. The van der Waals surface area contributed by atoms with Gasteiger partial charge >= 0.3 is 10.2 Å². The first-order chi connectivity index (χ1) is 14.9. The van der Waals surface area contributed by atoms with Crippen LogP contribution in [0.15, 0.2) is 24.4 Å². The molecule has 0 spiro atoms. The Balaban J connectivity index is 1.42. The van der Waals surface area contributed by atoms with E-state index in [2.05, 4.69) is 4.98 Å². The number of hydrogen-bond acceptors (Lipinski definition) is 5. The van der Waals surface area contributed by atoms with E-state index >= 15 is 0 Å². The monoisotopic (exact) mass is 509 g/mol. The number of amides is 1. The van der Waals surface area contributed by atoms with Gasteiger partial charge in [0.15, 0.2) is 0 Å². The van der Waals surface area contributed by atoms with Crippen LogP contribution in [0.5, 0.6) is 5.75 Å². The van der Waals surface area contributed by atoms with Gasteiger partial charge in [-0.25, -0.2) is 17.9 Å². The van der Waals surface area contributed by atoms with Gasteiger partial charge in [-0.1, -0.05) is 23.2 Å². The molecular formula is C19H16Cl2F3N3O4S. The summed E-state index contributed by atoms with van der Waals surface area (Å²) < 4.78 is 71.7. The molecule has 1 aromatic heterocycles. The Hall–Kier alpha value is -2.08. The number of carbonyl (C=O) groups is 1. The fraction of sp³-hybridized carbons (Fsp3) is 0.368. The zero-order valence-electron chi connectivity index (χ0n) is 16.2. The number of ether oxygens (including phenoxy) is 1. The Kier molecular flexibility index (Phi) is 6.03. The molecule has 32 heavy (non-hydrogen) atoms. The predicted octanol–water partition coefficient (Wildman–Crippen LogP) is 3.91. The average Bonchev–Trinajstić information content (AvgIpc) is 3.51. The van der Waals surface area contributed by atoms with E-state index in [4.69, 9.17) is 27.9 Å². The molecule has 2 heterocycles. The molecule has 1 saturated heterocycles. The minimum absolute atomic E-state index is 0.0573. The summed E-state index contributed by atoms with van der Waals surface area (Å²) in [4.78, 5) is 16.5. The van der Waals surface area contributed by atoms with E-state index in [0.717, 1.165) is 30.7 Å². The molecule has 0 bridgehead atoms. The van der Waals surface area contributed by atoms with E-state index in [-0.39, 0.29) is 17.2 Å². The number of rotatable bonds is 7. The lowest BCUT2D eigenvalue weighted by molar-refractivity contribution is -0.0948. The van der Waals surface area contributed by atoms with Crippen LogP contribution in [-0.2, 0) is 16.8 Å². The quantitative estimate of drug-likeness (QED) is 0.611. The molecule has 2 aliphatic rings. The van der Waals surface area contributed by atoms with Gasteiger partial charge < -0.3 is 4.74 Å². The lowest BCUT2D eigenvalue weighted by Gasteiger charge is -2.37. The summed E-state index contributed by atoms with van der Waals surface area (Å²) >= 11 is 12.3. The molecule has 0 unspecified atom stereocenters. The average molecular weight is 510 g/mol. The molecule has 1 aromatic carbocycles. The highest BCUT2D eigenvalue weighted by Crippen LogP contribution is 2.42. The molecule has 0 radical (unpaired) electrons. The second kappa shape index (κ2) is 8.36. The van der Waals surface area contributed by atoms with Crippen molar-refractivity contribution in [1.82, 2.24) is 14.0 Å². The van der Waals surface area contributed by atoms with Crippen molar-refractivity contribution in [2.45, 2.75) is 31.3 Å². The largest absolute Gasteiger partial charge is 0.487 e. The third kappa shape index (κ3) is 4.95. The summed E-state index contributed by atoms with van der Waals surface area (Å²) in [5.41, 5.74) is 0.330. The first-order valence-electron chi connectivity index (χ1n) is 9.41. The highest BCUT2D eigenvalue weighted by Gasteiger charge is 2.50. The van der Waals surface area contributed by atoms with Crippen LogP contribution in [0, 0.1) is 5.82 Å². The molecule has 1 amide bonds. The number of carbonyl (C=O) groups excluding carboxylic acids is 1. The number of hydrogen-bond donors (Lipinski definition) is 1. The Bertz CT molecular complexity index is 1180. The summed E-state index contributed by atoms with van der Waals surface area (Å²) in [6.45, 7) is -2.29. The van der Waals surface area contributed by atoms with Gasteiger partial charge in [0.05, 0.1) is 35.6 Å². The van der Waals surface area contributed by atoms with Crippen molar-refractivity contribution in [3.63, 3.8) is 0 Å². The standard InChI is InChI=1S/C19H16Cl2F3N3O4S/c20-14-5-13(18(28)26-32(29,30)27-8-19(23,24)9-27)16(22)3-11(14)7-31-12-4-15(21)17(25-6-12)10-1-2-10/h3-6,10H,1-2,7-9H2,(H,26,28). The van der Waals surface area contributed by atoms with Crippen LogP contribution in [0.25, 0.3) is 0 Å². The van der Waals surface area contributed by atoms with Gasteiger partial charge in [-0.3, -0.25) is 9.78 Å². The first-order valence-corrected chi connectivity index (χ1v) is 11.6. The zero-order chi connectivity index (χ0) is 23.3. The number of pyridine rings is 1. The topological polar surface area (TPSA) is 88.6 Å². The fourth-order valence-electron chi connectivity index (χ4n) is 3.08. The summed E-state index contributed by atoms with van der Waals surface area (Å²) in [5, 5.41) is 0.411. The maximum absolute atomic E-state index is 14.5. The molecule has 2 aromatic rings. The molecule has 0 atom stereocenters. The van der Waals surface area contributed by atoms with Crippen LogP contribution in [0.4, 0.5) is 13.2 Å². The Morgan fingerprint density at radius 2 is 1.91 bits per heavy atom. The Labute approximate surface area is 191 Å². The molecule has 1 N–H and O–H groups in total. The van der Waals surface area contributed by atoms with E-state index in [0.29, 0.717) is 21.0 Å². The van der Waals surface area contributed by atoms with Crippen molar-refractivity contribution in [3.8, 4) is 5.75 Å². The van der Waals surface area contributed by atoms with Crippen molar-refractivity contribution >= 4 is 39.3 Å². The molecule has 1 aliphatic carbocycles. The zero-order valence-corrected chi connectivity index (χ0v) is 18.6. The third-order valence-electron chi connectivity index (χ3n) is 4.96. The van der Waals surface area contributed by atoms with Gasteiger partial charge in [-0.2, -0.15) is 12.7 Å². The Morgan fingerprint density at radius 3 is 2.50 bits per heavy atom. The van der Waals surface area contributed by atoms with Crippen LogP contribution in [0.1, 0.15) is 40.4 Å². The molecule has 13 heteroatoms. The number of aromatic nitrogens is 1. The van der Waals surface area contributed by atoms with E-state index in [9.17, 15) is 26.4 Å². The van der Waals surface area contributed by atoms with Crippen LogP contribution in [0.2, 0.25) is 10.0 Å². The molecule has 4 rings (SSSR count). The van der Waals surface area contributed by atoms with Crippen LogP contribution >= 0.6 is 23.2 Å². The highest BCUT2D eigenvalue weighted by atomic mass is 35.5. The van der Waals surface area contributed by atoms with Crippen molar-refractivity contribution < 1.29 is 31.1 Å². The van der Waals surface area contributed by atoms with Gasteiger partial charge in [0.1, 0.15) is 18.2 Å². The summed E-state index contributed by atoms with van der Waals surface area (Å²) in [6, 6.07) is 3.46. The summed E-state index contributed by atoms with van der Waals surface area (Å²) in [6.07, 6.45) is 3.57. The van der Waals surface area contributed by atoms with Crippen molar-refractivity contribution in [1.29, 1.82) is 0 Å². The lowest BCUT2D eigenvalue weighted by Crippen LogP contribution is -2.61. The minimum atomic E-state index is -4.54. The Morgan fingerprint density at radius 1 is 1.22 bits per heavy atom. The molecular weight excluding hydrogens is 494 g/mol. The maximum atomic E-state index is 14.5. The summed E-state index contributed by atoms with van der Waals surface area (Å²) in [7, 11) is -4.54. The number of nitrogens with zero attached hydrogens (tertiary/aromatic N) is 2. The van der Waals surface area contributed by atoms with Crippen LogP contribution < -0.4 is 9.46 Å². The van der Waals surface area contributed by atoms with E-state index in [1.807, 2.05) is 0 Å². The fourth-order valence-corrected chi connectivity index (χ4v) is 4.80. The third-order valence-corrected chi connectivity index (χ3v) is 7.00. The van der Waals surface area contributed by atoms with E-state index < -0.39 is 46.5 Å². The minimum Gasteiger partial charge on any atom is -0.487 e. The number of halogens is 5. The maximum Gasteiger partial charge on any atom is 0.304 e. The first kappa shape index (κ1) is 23.1. The number of alkyl halides is 2. The van der Waals surface area contributed by atoms with Gasteiger partial charge in [-0.05, 0) is 25.0 Å². The SMILES string of the molecule is O=C(NS(=O)(=O)N1CC(F)(F)C1)c1cc(Cl)c(COc2cnc(C3CC3)c(Cl)c2)cc1F. The van der Waals surface area contributed by atoms with Crippen molar-refractivity contribution in [2.24, 2.45) is 0 Å². The smallest absolute Gasteiger partial charge is 0.304 e. The van der Waals surface area contributed by atoms with Gasteiger partial charge in [0.2, 0.25) is 0 Å². The molecule has 2 fully saturated rings.